The van der Waals surface area contributed by atoms with E-state index in [1.54, 1.807) is 51.3 Å². The summed E-state index contributed by atoms with van der Waals surface area (Å²) in [4.78, 5) is 32.5. The minimum Gasteiger partial charge on any atom is -0.496 e. The molecule has 0 fully saturated rings. The number of hydrogen-bond acceptors (Lipinski definition) is 10. The lowest BCUT2D eigenvalue weighted by molar-refractivity contribution is -0.139. The number of thiazole rings is 1. The number of benzene rings is 2. The van der Waals surface area contributed by atoms with E-state index in [4.69, 9.17) is 28.4 Å². The average molecular weight is 648 g/mol. The molecule has 41 heavy (non-hydrogen) atoms. The van der Waals surface area contributed by atoms with Crippen molar-refractivity contribution in [2.45, 2.75) is 26.8 Å². The molecule has 3 aromatic rings. The van der Waals surface area contributed by atoms with Crippen molar-refractivity contribution in [2.75, 3.05) is 41.7 Å². The minimum absolute atomic E-state index is 0.164. The van der Waals surface area contributed by atoms with Crippen molar-refractivity contribution < 1.29 is 33.2 Å². The summed E-state index contributed by atoms with van der Waals surface area (Å²) in [6.07, 6.45) is 1.69. The van der Waals surface area contributed by atoms with Crippen LogP contribution in [0, 0.1) is 0 Å². The molecule has 1 aliphatic rings. The third kappa shape index (κ3) is 5.71. The van der Waals surface area contributed by atoms with Gasteiger partial charge in [0.1, 0.15) is 17.2 Å². The number of carbonyl (C=O) groups excluding carboxylic acids is 1. The van der Waals surface area contributed by atoms with Crippen LogP contribution >= 0.6 is 27.3 Å². The highest BCUT2D eigenvalue weighted by Gasteiger charge is 2.35. The molecule has 2 heterocycles. The summed E-state index contributed by atoms with van der Waals surface area (Å²) < 4.78 is 35.7. The van der Waals surface area contributed by atoms with Crippen molar-refractivity contribution in [3.63, 3.8) is 0 Å². The number of rotatable bonds is 10. The molecule has 2 aromatic carbocycles. The van der Waals surface area contributed by atoms with E-state index in [-0.39, 0.29) is 17.7 Å². The van der Waals surface area contributed by atoms with Gasteiger partial charge in [0.05, 0.1) is 69.1 Å². The molecule has 0 N–H and O–H groups in total. The maximum atomic E-state index is 14.1. The number of aromatic nitrogens is 1. The Morgan fingerprint density at radius 1 is 0.976 bits per heavy atom. The van der Waals surface area contributed by atoms with Gasteiger partial charge in [0.2, 0.25) is 0 Å². The first-order chi connectivity index (χ1) is 19.7. The van der Waals surface area contributed by atoms with Crippen LogP contribution in [0.1, 0.15) is 37.9 Å². The second kappa shape index (κ2) is 12.8. The lowest BCUT2D eigenvalue weighted by atomic mass is 9.95. The topological polar surface area (TPSA) is 107 Å². The predicted octanol–water partition coefficient (Wildman–Crippen LogP) is 3.99. The maximum Gasteiger partial charge on any atom is 0.338 e. The molecular weight excluding hydrogens is 616 g/mol. The molecule has 0 amide bonds. The number of carbonyl (C=O) groups is 1. The van der Waals surface area contributed by atoms with Gasteiger partial charge in [-0.2, -0.15) is 0 Å². The Balaban J connectivity index is 2.03. The third-order valence-electron chi connectivity index (χ3n) is 6.42. The summed E-state index contributed by atoms with van der Waals surface area (Å²) in [5.41, 5.74) is 1.50. The summed E-state index contributed by atoms with van der Waals surface area (Å²) >= 11 is 4.82. The fraction of sp³-hybridized carbons (Fsp3) is 0.345. The molecule has 1 aliphatic heterocycles. The highest BCUT2D eigenvalue weighted by Crippen LogP contribution is 2.41. The molecule has 0 spiro atoms. The van der Waals surface area contributed by atoms with E-state index in [0.717, 1.165) is 0 Å². The van der Waals surface area contributed by atoms with Gasteiger partial charge in [-0.1, -0.05) is 27.3 Å². The van der Waals surface area contributed by atoms with Gasteiger partial charge in [0, 0.05) is 16.6 Å². The Bertz CT molecular complexity index is 1670. The lowest BCUT2D eigenvalue weighted by Gasteiger charge is -2.26. The molecular formula is C29H31BrN2O8S. The van der Waals surface area contributed by atoms with Crippen LogP contribution in [0.4, 0.5) is 0 Å². The molecule has 0 radical (unpaired) electrons. The second-order valence-electron chi connectivity index (χ2n) is 8.71. The number of fused-ring (bicyclic) bond motifs is 1. The van der Waals surface area contributed by atoms with E-state index < -0.39 is 12.0 Å². The van der Waals surface area contributed by atoms with E-state index >= 15 is 0 Å². The second-order valence-corrected chi connectivity index (χ2v) is 10.6. The summed E-state index contributed by atoms with van der Waals surface area (Å²) in [7, 11) is 6.13. The molecule has 218 valence electrons. The summed E-state index contributed by atoms with van der Waals surface area (Å²) in [5, 5.41) is 0. The largest absolute Gasteiger partial charge is 0.496 e. The van der Waals surface area contributed by atoms with E-state index in [0.29, 0.717) is 66.0 Å². The number of hydrogen-bond donors (Lipinski definition) is 0. The molecule has 1 atom stereocenters. The van der Waals surface area contributed by atoms with E-state index in [1.807, 2.05) is 6.92 Å². The van der Waals surface area contributed by atoms with E-state index in [2.05, 4.69) is 20.9 Å². The van der Waals surface area contributed by atoms with Crippen LogP contribution in [-0.4, -0.2) is 52.2 Å². The first-order valence-electron chi connectivity index (χ1n) is 12.7. The fourth-order valence-electron chi connectivity index (χ4n) is 4.58. The normalized spacial score (nSPS) is 14.7. The van der Waals surface area contributed by atoms with Crippen LogP contribution in [0.2, 0.25) is 0 Å². The van der Waals surface area contributed by atoms with Crippen LogP contribution in [0.15, 0.2) is 49.8 Å². The minimum atomic E-state index is -0.855. The third-order valence-corrected chi connectivity index (χ3v) is 8.09. The van der Waals surface area contributed by atoms with Crippen LogP contribution in [0.3, 0.4) is 0 Å². The molecule has 1 aromatic heterocycles. The highest BCUT2D eigenvalue weighted by atomic mass is 79.9. The average Bonchev–Trinajstić information content (AvgIpc) is 3.26. The maximum absolute atomic E-state index is 14.1. The van der Waals surface area contributed by atoms with Gasteiger partial charge < -0.3 is 28.4 Å². The summed E-state index contributed by atoms with van der Waals surface area (Å²) in [6, 6.07) is 6.08. The Kier molecular flexibility index (Phi) is 9.44. The van der Waals surface area contributed by atoms with Gasteiger partial charge in [-0.05, 0) is 44.5 Å². The number of nitrogens with zero attached hydrogens (tertiary/aromatic N) is 2. The van der Waals surface area contributed by atoms with Crippen LogP contribution in [-0.2, 0) is 9.53 Å². The zero-order valence-electron chi connectivity index (χ0n) is 23.8. The Morgan fingerprint density at radius 2 is 1.63 bits per heavy atom. The van der Waals surface area contributed by atoms with Crippen molar-refractivity contribution in [3.05, 3.63) is 70.8 Å². The summed E-state index contributed by atoms with van der Waals surface area (Å²) in [6.45, 7) is 5.92. The Labute approximate surface area is 249 Å². The smallest absolute Gasteiger partial charge is 0.338 e. The molecule has 12 heteroatoms. The van der Waals surface area contributed by atoms with Gasteiger partial charge in [-0.3, -0.25) is 9.36 Å². The molecule has 0 aliphatic carbocycles. The first-order valence-corrected chi connectivity index (χ1v) is 14.3. The summed E-state index contributed by atoms with van der Waals surface area (Å²) in [5.74, 6) is 1.89. The predicted molar refractivity (Wildman–Crippen MR) is 158 cm³/mol. The van der Waals surface area contributed by atoms with Gasteiger partial charge in [0.25, 0.3) is 5.56 Å². The Hall–Kier alpha value is -3.77. The van der Waals surface area contributed by atoms with Crippen LogP contribution in [0.25, 0.3) is 6.08 Å². The van der Waals surface area contributed by atoms with Crippen LogP contribution in [0.5, 0.6) is 28.7 Å². The Morgan fingerprint density at radius 3 is 2.20 bits per heavy atom. The number of halogens is 1. The fourth-order valence-corrected chi connectivity index (χ4v) is 6.15. The van der Waals surface area contributed by atoms with Crippen LogP contribution < -0.4 is 38.6 Å². The SMILES string of the molecule is CCOC(=O)C1=C(C)N=c2s/c(=C/c3c(OC)cc(OC)cc3OC)c(=O)n2[C@H]1c1cc(OC)c(OCC)cc1Br. The lowest BCUT2D eigenvalue weighted by Crippen LogP contribution is -2.40. The molecule has 4 rings (SSSR count). The monoisotopic (exact) mass is 646 g/mol. The van der Waals surface area contributed by atoms with Crippen molar-refractivity contribution in [1.29, 1.82) is 0 Å². The van der Waals surface area contributed by atoms with Gasteiger partial charge in [-0.25, -0.2) is 9.79 Å². The molecule has 0 unspecified atom stereocenters. The van der Waals surface area contributed by atoms with Gasteiger partial charge in [0.15, 0.2) is 16.3 Å². The zero-order valence-corrected chi connectivity index (χ0v) is 26.2. The van der Waals surface area contributed by atoms with Gasteiger partial charge >= 0.3 is 5.97 Å². The molecule has 0 saturated carbocycles. The number of ether oxygens (including phenoxy) is 6. The van der Waals surface area contributed by atoms with Crippen molar-refractivity contribution >= 4 is 39.3 Å². The number of allylic oxidation sites excluding steroid dienone is 1. The number of methoxy groups -OCH3 is 4. The number of esters is 1. The van der Waals surface area contributed by atoms with Crippen molar-refractivity contribution in [2.24, 2.45) is 4.99 Å². The van der Waals surface area contributed by atoms with Crippen molar-refractivity contribution in [3.8, 4) is 28.7 Å². The highest BCUT2D eigenvalue weighted by molar-refractivity contribution is 9.10. The van der Waals surface area contributed by atoms with E-state index in [9.17, 15) is 9.59 Å². The molecule has 0 saturated heterocycles. The first kappa shape index (κ1) is 30.2. The quantitative estimate of drug-likeness (QED) is 0.304. The van der Waals surface area contributed by atoms with E-state index in [1.165, 1.54) is 37.2 Å². The van der Waals surface area contributed by atoms with Gasteiger partial charge in [-0.15, -0.1) is 0 Å². The zero-order chi connectivity index (χ0) is 29.8. The standard InChI is InChI=1S/C29H31BrN2O8S/c1-8-39-23-14-19(30)17(12-22(23)38-7)26-25(28(34)40-9-2)15(3)31-29-32(26)27(33)24(41-29)13-18-20(36-5)10-16(35-4)11-21(18)37-6/h10-14,26H,8-9H2,1-7H3/b24-13+/t26-/m0/s1. The molecule has 10 nitrogen and oxygen atoms in total. The molecule has 0 bridgehead atoms. The van der Waals surface area contributed by atoms with Crippen molar-refractivity contribution in [1.82, 2.24) is 4.57 Å².